The van der Waals surface area contributed by atoms with Crippen LogP contribution in [-0.4, -0.2) is 44.4 Å². The van der Waals surface area contributed by atoms with Crippen LogP contribution in [-0.2, 0) is 0 Å². The molecule has 4 aromatic rings. The Hall–Kier alpha value is -3.73. The highest BCUT2D eigenvalue weighted by Gasteiger charge is 2.47. The molecular formula is C25H21F3N6OS. The molecule has 1 saturated heterocycles. The third-order valence-electron chi connectivity index (χ3n) is 6.52. The van der Waals surface area contributed by atoms with E-state index in [1.807, 2.05) is 6.07 Å². The Balaban J connectivity index is 1.28. The number of thiazole rings is 1. The van der Waals surface area contributed by atoms with Gasteiger partial charge in [-0.1, -0.05) is 0 Å². The van der Waals surface area contributed by atoms with Crippen LogP contribution < -0.4 is 10.2 Å². The lowest BCUT2D eigenvalue weighted by molar-refractivity contribution is -0.103. The summed E-state index contributed by atoms with van der Waals surface area (Å²) in [6.07, 6.45) is 3.81. The molecule has 1 aromatic carbocycles. The van der Waals surface area contributed by atoms with Gasteiger partial charge in [-0.3, -0.25) is 4.79 Å². The number of carbonyl (C=O) groups is 1. The molecule has 2 fully saturated rings. The van der Waals surface area contributed by atoms with Gasteiger partial charge in [0.25, 0.3) is 11.8 Å². The number of carbonyl (C=O) groups excluding carboxylic acids is 1. The average molecular weight is 511 g/mol. The van der Waals surface area contributed by atoms with E-state index in [2.05, 4.69) is 25.2 Å². The number of hydrogen-bond donors (Lipinski definition) is 1. The van der Waals surface area contributed by atoms with Gasteiger partial charge in [-0.2, -0.15) is 0 Å². The maximum absolute atomic E-state index is 13.6. The third-order valence-corrected chi connectivity index (χ3v) is 7.37. The monoisotopic (exact) mass is 510 g/mol. The van der Waals surface area contributed by atoms with Gasteiger partial charge in [0.05, 0.1) is 23.9 Å². The Morgan fingerprint density at radius 1 is 1.08 bits per heavy atom. The van der Waals surface area contributed by atoms with Gasteiger partial charge in [-0.15, -0.1) is 11.3 Å². The lowest BCUT2D eigenvalue weighted by atomic mass is 9.88. The fourth-order valence-corrected chi connectivity index (χ4v) is 5.23. The summed E-state index contributed by atoms with van der Waals surface area (Å²) in [5.74, 6) is -3.12. The fourth-order valence-electron chi connectivity index (χ4n) is 4.38. The lowest BCUT2D eigenvalue weighted by Gasteiger charge is -2.36. The highest BCUT2D eigenvalue weighted by atomic mass is 32.1. The van der Waals surface area contributed by atoms with E-state index in [9.17, 15) is 18.0 Å². The van der Waals surface area contributed by atoms with Crippen LogP contribution in [0.25, 0.3) is 22.0 Å². The molecule has 0 spiro atoms. The summed E-state index contributed by atoms with van der Waals surface area (Å²) in [5, 5.41) is 4.83. The van der Waals surface area contributed by atoms with Gasteiger partial charge in [0.15, 0.2) is 0 Å². The zero-order valence-electron chi connectivity index (χ0n) is 19.0. The number of aromatic nitrogens is 4. The molecule has 2 aliphatic rings. The van der Waals surface area contributed by atoms with Crippen molar-refractivity contribution >= 4 is 28.7 Å². The van der Waals surface area contributed by atoms with E-state index in [1.165, 1.54) is 29.8 Å². The maximum atomic E-state index is 13.6. The van der Waals surface area contributed by atoms with Crippen molar-refractivity contribution < 1.29 is 18.0 Å². The van der Waals surface area contributed by atoms with Gasteiger partial charge in [-0.05, 0) is 42.8 Å². The van der Waals surface area contributed by atoms with Crippen LogP contribution in [0.4, 0.5) is 24.7 Å². The van der Waals surface area contributed by atoms with Crippen LogP contribution in [0, 0.1) is 5.82 Å². The molecule has 4 heterocycles. The lowest BCUT2D eigenvalue weighted by Crippen LogP contribution is -2.37. The number of benzene rings is 1. The van der Waals surface area contributed by atoms with Gasteiger partial charge in [0.2, 0.25) is 0 Å². The van der Waals surface area contributed by atoms with Crippen molar-refractivity contribution in [1.29, 1.82) is 0 Å². The zero-order chi connectivity index (χ0) is 24.9. The molecule has 0 unspecified atom stereocenters. The summed E-state index contributed by atoms with van der Waals surface area (Å²) in [5.41, 5.74) is 2.85. The molecule has 184 valence electrons. The second-order valence-corrected chi connectivity index (χ2v) is 9.87. The summed E-state index contributed by atoms with van der Waals surface area (Å²) < 4.78 is 42.5. The quantitative estimate of drug-likeness (QED) is 0.363. The third kappa shape index (κ3) is 4.23. The molecule has 1 amide bonds. The molecule has 6 rings (SSSR count). The van der Waals surface area contributed by atoms with E-state index in [0.717, 1.165) is 25.2 Å². The molecule has 0 bridgehead atoms. The van der Waals surface area contributed by atoms with Crippen LogP contribution in [0.3, 0.4) is 0 Å². The summed E-state index contributed by atoms with van der Waals surface area (Å²) in [4.78, 5) is 28.3. The summed E-state index contributed by atoms with van der Waals surface area (Å²) in [6, 6.07) is 9.02. The Labute approximate surface area is 208 Å². The van der Waals surface area contributed by atoms with Crippen molar-refractivity contribution in [2.45, 2.75) is 31.2 Å². The maximum Gasteiger partial charge on any atom is 0.276 e. The Morgan fingerprint density at radius 3 is 2.50 bits per heavy atom. The summed E-state index contributed by atoms with van der Waals surface area (Å²) in [6.45, 7) is 2.01. The van der Waals surface area contributed by atoms with E-state index < -0.39 is 23.7 Å². The minimum absolute atomic E-state index is 0.181. The first kappa shape index (κ1) is 22.7. The molecule has 11 heteroatoms. The van der Waals surface area contributed by atoms with Crippen molar-refractivity contribution in [2.75, 3.05) is 23.3 Å². The molecule has 1 aliphatic heterocycles. The SMILES string of the molecule is O=C(Nc1ccc(N2CCC2)cn1)c1csc(-c2c(-c3ccc(F)cc3)ncn2C2CC(F)(F)C2)n1. The highest BCUT2D eigenvalue weighted by Crippen LogP contribution is 2.48. The van der Waals surface area contributed by atoms with Crippen molar-refractivity contribution in [3.8, 4) is 22.0 Å². The molecular weight excluding hydrogens is 489 g/mol. The molecule has 1 N–H and O–H groups in total. The molecule has 1 aliphatic carbocycles. The number of nitrogens with one attached hydrogen (secondary N) is 1. The first-order chi connectivity index (χ1) is 17.4. The molecule has 36 heavy (non-hydrogen) atoms. The van der Waals surface area contributed by atoms with E-state index in [0.29, 0.717) is 27.8 Å². The number of alkyl halides is 2. The van der Waals surface area contributed by atoms with E-state index in [4.69, 9.17) is 0 Å². The van der Waals surface area contributed by atoms with E-state index in [-0.39, 0.29) is 18.5 Å². The largest absolute Gasteiger partial charge is 0.370 e. The highest BCUT2D eigenvalue weighted by molar-refractivity contribution is 7.13. The Kier molecular flexibility index (Phi) is 5.51. The number of hydrogen-bond acceptors (Lipinski definition) is 6. The predicted octanol–water partition coefficient (Wildman–Crippen LogP) is 5.64. The van der Waals surface area contributed by atoms with E-state index in [1.54, 1.807) is 34.3 Å². The van der Waals surface area contributed by atoms with Crippen LogP contribution in [0.5, 0.6) is 0 Å². The molecule has 0 radical (unpaired) electrons. The van der Waals surface area contributed by atoms with Gasteiger partial charge in [0.1, 0.15) is 28.0 Å². The minimum Gasteiger partial charge on any atom is -0.370 e. The smallest absolute Gasteiger partial charge is 0.276 e. The summed E-state index contributed by atoms with van der Waals surface area (Å²) >= 11 is 1.22. The number of rotatable bonds is 6. The number of halogens is 3. The second kappa shape index (κ2) is 8.74. The average Bonchev–Trinajstić information content (AvgIpc) is 3.45. The van der Waals surface area contributed by atoms with Gasteiger partial charge < -0.3 is 14.8 Å². The Morgan fingerprint density at radius 2 is 1.86 bits per heavy atom. The predicted molar refractivity (Wildman–Crippen MR) is 131 cm³/mol. The minimum atomic E-state index is -2.71. The van der Waals surface area contributed by atoms with Crippen LogP contribution >= 0.6 is 11.3 Å². The number of anilines is 2. The van der Waals surface area contributed by atoms with Gasteiger partial charge in [0, 0.05) is 42.9 Å². The van der Waals surface area contributed by atoms with E-state index >= 15 is 0 Å². The van der Waals surface area contributed by atoms with Gasteiger partial charge >= 0.3 is 0 Å². The van der Waals surface area contributed by atoms with Crippen LogP contribution in [0.1, 0.15) is 35.8 Å². The number of nitrogens with zero attached hydrogens (tertiary/aromatic N) is 5. The number of amides is 1. The zero-order valence-corrected chi connectivity index (χ0v) is 19.8. The van der Waals surface area contributed by atoms with Crippen molar-refractivity contribution in [3.05, 3.63) is 65.8 Å². The van der Waals surface area contributed by atoms with Crippen LogP contribution in [0.15, 0.2) is 54.3 Å². The molecule has 7 nitrogen and oxygen atoms in total. The first-order valence-corrected chi connectivity index (χ1v) is 12.4. The molecule has 1 saturated carbocycles. The topological polar surface area (TPSA) is 75.9 Å². The van der Waals surface area contributed by atoms with Crippen molar-refractivity contribution in [3.63, 3.8) is 0 Å². The number of imidazole rings is 1. The van der Waals surface area contributed by atoms with Crippen LogP contribution in [0.2, 0.25) is 0 Å². The van der Waals surface area contributed by atoms with Gasteiger partial charge in [-0.25, -0.2) is 28.1 Å². The standard InChI is InChI=1S/C25H21F3N6OS/c26-16-4-2-15(3-5-16)21-22(34(14-30-21)18-10-25(27,28)11-18)24-31-19(13-36-24)23(35)32-20-7-6-17(12-29-20)33-8-1-9-33/h2-7,12-14,18H,1,8-11H2,(H,29,32,35). The Bertz CT molecular complexity index is 1400. The second-order valence-electron chi connectivity index (χ2n) is 9.01. The van der Waals surface area contributed by atoms with Crippen molar-refractivity contribution in [2.24, 2.45) is 0 Å². The summed E-state index contributed by atoms with van der Waals surface area (Å²) in [7, 11) is 0. The number of pyridine rings is 1. The van der Waals surface area contributed by atoms with Crippen molar-refractivity contribution in [1.82, 2.24) is 19.5 Å². The molecule has 3 aromatic heterocycles. The molecule has 0 atom stereocenters. The first-order valence-electron chi connectivity index (χ1n) is 11.6. The fraction of sp³-hybridized carbons (Fsp3) is 0.280. The normalized spacial score (nSPS) is 16.9.